The molecule has 0 aliphatic rings. The largest absolute Gasteiger partial charge is 0.450 e. The van der Waals surface area contributed by atoms with E-state index in [1.807, 2.05) is 0 Å². The summed E-state index contributed by atoms with van der Waals surface area (Å²) in [6.45, 7) is -0.732. The van der Waals surface area contributed by atoms with Gasteiger partial charge in [0.15, 0.2) is 6.61 Å². The van der Waals surface area contributed by atoms with Gasteiger partial charge in [0.2, 0.25) is 5.76 Å². The Hall–Kier alpha value is -3.47. The Balaban J connectivity index is 1.94. The van der Waals surface area contributed by atoms with E-state index in [0.717, 1.165) is 18.2 Å². The molecule has 0 atom stereocenters. The van der Waals surface area contributed by atoms with Crippen LogP contribution in [0.25, 0.3) is 0 Å². The maximum Gasteiger partial charge on any atom is 0.433 e. The Kier molecular flexibility index (Phi) is 5.29. The highest BCUT2D eigenvalue weighted by Crippen LogP contribution is 2.27. The molecule has 130 valence electrons. The van der Waals surface area contributed by atoms with Crippen LogP contribution >= 0.6 is 11.6 Å². The molecule has 2 rings (SSSR count). The van der Waals surface area contributed by atoms with Crippen LogP contribution in [0.5, 0.6) is 0 Å². The van der Waals surface area contributed by atoms with E-state index in [0.29, 0.717) is 0 Å². The first kappa shape index (κ1) is 17.9. The van der Waals surface area contributed by atoms with Gasteiger partial charge in [-0.2, -0.15) is 0 Å². The van der Waals surface area contributed by atoms with E-state index in [1.165, 1.54) is 12.1 Å². The first-order valence-corrected chi connectivity index (χ1v) is 6.81. The topological polar surface area (TPSA) is 155 Å². The van der Waals surface area contributed by atoms with Crippen LogP contribution in [0.15, 0.2) is 34.7 Å². The summed E-state index contributed by atoms with van der Waals surface area (Å²) in [5.41, 5.74) is -0.329. The molecule has 12 heteroatoms. The van der Waals surface area contributed by atoms with Crippen molar-refractivity contribution in [2.75, 3.05) is 11.9 Å². The van der Waals surface area contributed by atoms with Gasteiger partial charge in [-0.05, 0) is 18.2 Å². The Bertz CT molecular complexity index is 863. The minimum absolute atomic E-state index is 0.0748. The minimum atomic E-state index is -1.08. The van der Waals surface area contributed by atoms with Gasteiger partial charge in [-0.25, -0.2) is 4.79 Å². The fourth-order valence-electron chi connectivity index (χ4n) is 1.67. The number of esters is 1. The van der Waals surface area contributed by atoms with Crippen molar-refractivity contribution in [1.29, 1.82) is 0 Å². The van der Waals surface area contributed by atoms with Crippen LogP contribution in [0.4, 0.5) is 17.3 Å². The molecule has 1 N–H and O–H groups in total. The number of halogens is 1. The highest BCUT2D eigenvalue weighted by molar-refractivity contribution is 6.32. The second kappa shape index (κ2) is 7.40. The van der Waals surface area contributed by atoms with E-state index in [4.69, 9.17) is 11.6 Å². The van der Waals surface area contributed by atoms with Crippen molar-refractivity contribution >= 4 is 40.7 Å². The fraction of sp³-hybridized carbons (Fsp3) is 0.0769. The zero-order valence-corrected chi connectivity index (χ0v) is 12.9. The number of ether oxygens (including phenoxy) is 1. The van der Waals surface area contributed by atoms with Gasteiger partial charge >= 0.3 is 11.9 Å². The van der Waals surface area contributed by atoms with E-state index in [-0.39, 0.29) is 10.7 Å². The highest BCUT2D eigenvalue weighted by Gasteiger charge is 2.20. The molecule has 1 heterocycles. The van der Waals surface area contributed by atoms with Crippen LogP contribution in [0.1, 0.15) is 10.6 Å². The summed E-state index contributed by atoms with van der Waals surface area (Å²) >= 11 is 5.64. The van der Waals surface area contributed by atoms with Crippen molar-refractivity contribution in [3.05, 3.63) is 61.3 Å². The Morgan fingerprint density at radius 1 is 1.16 bits per heavy atom. The summed E-state index contributed by atoms with van der Waals surface area (Å²) in [6.07, 6.45) is 0. The fourth-order valence-corrected chi connectivity index (χ4v) is 1.85. The molecule has 0 fully saturated rings. The monoisotopic (exact) mass is 369 g/mol. The zero-order chi connectivity index (χ0) is 18.6. The molecule has 1 aromatic carbocycles. The molecule has 1 amide bonds. The molecule has 0 radical (unpaired) electrons. The van der Waals surface area contributed by atoms with E-state index in [2.05, 4.69) is 14.5 Å². The van der Waals surface area contributed by atoms with Gasteiger partial charge in [0, 0.05) is 11.8 Å². The van der Waals surface area contributed by atoms with Gasteiger partial charge in [0.1, 0.15) is 9.95 Å². The average molecular weight is 370 g/mol. The van der Waals surface area contributed by atoms with Crippen LogP contribution in [-0.4, -0.2) is 28.3 Å². The molecular weight excluding hydrogens is 362 g/mol. The van der Waals surface area contributed by atoms with Crippen molar-refractivity contribution in [2.45, 2.75) is 0 Å². The summed E-state index contributed by atoms with van der Waals surface area (Å²) in [4.78, 5) is 42.9. The van der Waals surface area contributed by atoms with Crippen LogP contribution in [0, 0.1) is 20.2 Å². The van der Waals surface area contributed by atoms with Gasteiger partial charge in [0.05, 0.1) is 11.0 Å². The number of nitro groups is 2. The lowest BCUT2D eigenvalue weighted by Gasteiger charge is -2.06. The van der Waals surface area contributed by atoms with Gasteiger partial charge in [-0.1, -0.05) is 11.6 Å². The molecule has 1 aromatic heterocycles. The Morgan fingerprint density at radius 3 is 2.48 bits per heavy atom. The molecule has 0 bridgehead atoms. The smallest absolute Gasteiger partial charge is 0.433 e. The number of nitrogens with one attached hydrogen (secondary N) is 1. The number of carbonyl (C=O) groups is 2. The number of hydrogen-bond donors (Lipinski definition) is 1. The number of nitro benzene ring substituents is 1. The lowest BCUT2D eigenvalue weighted by molar-refractivity contribution is -0.402. The number of rotatable bonds is 6. The molecule has 0 saturated heterocycles. The predicted octanol–water partition coefficient (Wildman–Crippen LogP) is 2.54. The van der Waals surface area contributed by atoms with E-state index >= 15 is 0 Å². The molecule has 2 aromatic rings. The quantitative estimate of drug-likeness (QED) is 0.462. The van der Waals surface area contributed by atoms with Crippen molar-refractivity contribution in [2.24, 2.45) is 0 Å². The third-order valence-corrected chi connectivity index (χ3v) is 3.05. The van der Waals surface area contributed by atoms with E-state index in [9.17, 15) is 29.8 Å². The normalized spacial score (nSPS) is 10.1. The first-order valence-electron chi connectivity index (χ1n) is 6.43. The molecule has 0 aliphatic carbocycles. The summed E-state index contributed by atoms with van der Waals surface area (Å²) < 4.78 is 9.25. The van der Waals surface area contributed by atoms with Crippen molar-refractivity contribution in [3.8, 4) is 0 Å². The number of nitrogens with zero attached hydrogens (tertiary/aromatic N) is 2. The Morgan fingerprint density at radius 2 is 1.88 bits per heavy atom. The third-order valence-electron chi connectivity index (χ3n) is 2.73. The minimum Gasteiger partial charge on any atom is -0.450 e. The number of hydrogen-bond acceptors (Lipinski definition) is 8. The number of benzene rings is 1. The second-order valence-electron chi connectivity index (χ2n) is 4.44. The third kappa shape index (κ3) is 4.51. The van der Waals surface area contributed by atoms with E-state index in [1.54, 1.807) is 0 Å². The number of carbonyl (C=O) groups excluding carboxylic acids is 2. The zero-order valence-electron chi connectivity index (χ0n) is 12.1. The van der Waals surface area contributed by atoms with Crippen LogP contribution in [0.2, 0.25) is 5.02 Å². The maximum absolute atomic E-state index is 11.7. The molecule has 0 spiro atoms. The van der Waals surface area contributed by atoms with Gasteiger partial charge in [-0.15, -0.1) is 0 Å². The molecular formula is C13H8ClN3O8. The molecule has 0 aliphatic heterocycles. The van der Waals surface area contributed by atoms with Crippen LogP contribution < -0.4 is 5.32 Å². The van der Waals surface area contributed by atoms with E-state index < -0.39 is 45.7 Å². The number of furan rings is 1. The lowest BCUT2D eigenvalue weighted by atomic mass is 10.3. The maximum atomic E-state index is 11.7. The summed E-state index contributed by atoms with van der Waals surface area (Å²) in [6, 6.07) is 5.58. The Labute approximate surface area is 143 Å². The van der Waals surface area contributed by atoms with Crippen molar-refractivity contribution < 1.29 is 28.6 Å². The summed E-state index contributed by atoms with van der Waals surface area (Å²) in [5.74, 6) is -2.96. The number of anilines is 1. The molecule has 11 nitrogen and oxygen atoms in total. The average Bonchev–Trinajstić information content (AvgIpc) is 3.04. The van der Waals surface area contributed by atoms with Crippen LogP contribution in [-0.2, 0) is 9.53 Å². The summed E-state index contributed by atoms with van der Waals surface area (Å²) in [7, 11) is 0. The predicted molar refractivity (Wildman–Crippen MR) is 82.4 cm³/mol. The van der Waals surface area contributed by atoms with Gasteiger partial charge in [0.25, 0.3) is 11.6 Å². The first-order chi connectivity index (χ1) is 11.8. The highest BCUT2D eigenvalue weighted by atomic mass is 35.5. The van der Waals surface area contributed by atoms with Gasteiger partial charge in [-0.3, -0.25) is 25.0 Å². The SMILES string of the molecule is O=C(COC(=O)c1ccc([N+](=O)[O-])o1)Nc1ccc(Cl)c([N+](=O)[O-])c1. The molecule has 0 saturated carbocycles. The van der Waals surface area contributed by atoms with Crippen LogP contribution in [0.3, 0.4) is 0 Å². The molecule has 0 unspecified atom stereocenters. The van der Waals surface area contributed by atoms with Crippen molar-refractivity contribution in [3.63, 3.8) is 0 Å². The van der Waals surface area contributed by atoms with Crippen molar-refractivity contribution in [1.82, 2.24) is 0 Å². The standard InChI is InChI=1S/C13H8ClN3O8/c14-8-2-1-7(5-9(8)16(20)21)15-11(18)6-24-13(19)10-3-4-12(25-10)17(22)23/h1-5H,6H2,(H,15,18). The van der Waals surface area contributed by atoms with Gasteiger partial charge < -0.3 is 14.5 Å². The molecule has 25 heavy (non-hydrogen) atoms. The summed E-state index contributed by atoms with van der Waals surface area (Å²) in [5, 5.41) is 23.4. The second-order valence-corrected chi connectivity index (χ2v) is 4.85. The lowest BCUT2D eigenvalue weighted by Crippen LogP contribution is -2.20. The number of amides is 1.